The molecule has 2 aromatic heterocycles. The van der Waals surface area contributed by atoms with E-state index in [0.717, 1.165) is 28.0 Å². The van der Waals surface area contributed by atoms with Crippen LogP contribution in [0.4, 0.5) is 11.6 Å². The van der Waals surface area contributed by atoms with Gasteiger partial charge in [-0.25, -0.2) is 4.98 Å². The summed E-state index contributed by atoms with van der Waals surface area (Å²) >= 11 is 1.54. The lowest BCUT2D eigenvalue weighted by Gasteiger charge is -2.09. The zero-order valence-corrected chi connectivity index (χ0v) is 15.7. The number of nitrogens with zero attached hydrogens (tertiary/aromatic N) is 3. The Kier molecular flexibility index (Phi) is 5.80. The van der Waals surface area contributed by atoms with Gasteiger partial charge in [0.15, 0.2) is 0 Å². The van der Waals surface area contributed by atoms with Crippen LogP contribution in [0.15, 0.2) is 34.6 Å². The second-order valence-electron chi connectivity index (χ2n) is 5.77. The van der Waals surface area contributed by atoms with Gasteiger partial charge in [-0.1, -0.05) is 19.1 Å². The largest absolute Gasteiger partial charge is 0.396 e. The van der Waals surface area contributed by atoms with Crippen molar-refractivity contribution in [2.75, 3.05) is 11.9 Å². The van der Waals surface area contributed by atoms with Crippen molar-refractivity contribution >= 4 is 46.1 Å². The molecule has 0 saturated carbocycles. The molecule has 0 radical (unpaired) electrons. The number of para-hydroxylation sites is 2. The van der Waals surface area contributed by atoms with Gasteiger partial charge in [0.2, 0.25) is 5.95 Å². The van der Waals surface area contributed by atoms with Crippen LogP contribution in [0.1, 0.15) is 35.5 Å². The molecule has 6 nitrogen and oxygen atoms in total. The van der Waals surface area contributed by atoms with E-state index in [4.69, 9.17) is 0 Å². The summed E-state index contributed by atoms with van der Waals surface area (Å²) in [6.07, 6.45) is 3.13. The standard InChI is InChI=1S/C19H22N4O2S/c1-3-16-17(20-4-2)13(12-26-16)18(25)22-19-21-14-8-5-6-9-15(14)23(19)10-7-11-24/h4-6,8-9,12,24H,3,7,10-11H2,1-2H3,(H,21,22,25). The first-order valence-electron chi connectivity index (χ1n) is 8.66. The maximum atomic E-state index is 12.9. The normalized spacial score (nSPS) is 11.5. The molecule has 0 aliphatic rings. The van der Waals surface area contributed by atoms with E-state index in [2.05, 4.69) is 22.2 Å². The molecule has 0 atom stereocenters. The van der Waals surface area contributed by atoms with Gasteiger partial charge in [-0.3, -0.25) is 15.1 Å². The van der Waals surface area contributed by atoms with Gasteiger partial charge in [0.1, 0.15) is 0 Å². The molecule has 0 bridgehead atoms. The molecule has 0 spiro atoms. The van der Waals surface area contributed by atoms with E-state index >= 15 is 0 Å². The number of imidazole rings is 1. The van der Waals surface area contributed by atoms with Gasteiger partial charge in [0.05, 0.1) is 22.3 Å². The highest BCUT2D eigenvalue weighted by atomic mass is 32.1. The van der Waals surface area contributed by atoms with E-state index in [9.17, 15) is 9.90 Å². The second-order valence-corrected chi connectivity index (χ2v) is 6.73. The Balaban J connectivity index is 1.96. The quantitative estimate of drug-likeness (QED) is 0.617. The number of aliphatic hydroxyl groups excluding tert-OH is 1. The van der Waals surface area contributed by atoms with Gasteiger partial charge >= 0.3 is 0 Å². The monoisotopic (exact) mass is 370 g/mol. The van der Waals surface area contributed by atoms with Crippen LogP contribution in [-0.2, 0) is 13.0 Å². The van der Waals surface area contributed by atoms with E-state index in [1.165, 1.54) is 0 Å². The minimum Gasteiger partial charge on any atom is -0.396 e. The molecule has 26 heavy (non-hydrogen) atoms. The number of benzene rings is 1. The number of carbonyl (C=O) groups excluding carboxylic acids is 1. The number of rotatable bonds is 7. The summed E-state index contributed by atoms with van der Waals surface area (Å²) in [7, 11) is 0. The van der Waals surface area contributed by atoms with Crippen LogP contribution in [-0.4, -0.2) is 33.4 Å². The maximum Gasteiger partial charge on any atom is 0.261 e. The zero-order valence-electron chi connectivity index (χ0n) is 14.9. The lowest BCUT2D eigenvalue weighted by molar-refractivity contribution is 0.102. The second kappa shape index (κ2) is 8.25. The fourth-order valence-electron chi connectivity index (χ4n) is 2.87. The van der Waals surface area contributed by atoms with E-state index in [0.29, 0.717) is 24.5 Å². The molecule has 0 aliphatic carbocycles. The van der Waals surface area contributed by atoms with E-state index in [1.54, 1.807) is 17.6 Å². The number of nitrogens with one attached hydrogen (secondary N) is 1. The summed E-state index contributed by atoms with van der Waals surface area (Å²) in [5.41, 5.74) is 3.04. The Bertz CT molecular complexity index is 942. The predicted octanol–water partition coefficient (Wildman–Crippen LogP) is 4.02. The molecule has 0 unspecified atom stereocenters. The van der Waals surface area contributed by atoms with Crippen molar-refractivity contribution in [2.24, 2.45) is 4.99 Å². The smallest absolute Gasteiger partial charge is 0.261 e. The minimum absolute atomic E-state index is 0.0830. The molecule has 1 aromatic carbocycles. The molecule has 1 amide bonds. The molecule has 2 N–H and O–H groups in total. The third-order valence-electron chi connectivity index (χ3n) is 4.08. The molecular formula is C19H22N4O2S. The van der Waals surface area contributed by atoms with Crippen LogP contribution < -0.4 is 5.32 Å². The number of thiophene rings is 1. The van der Waals surface area contributed by atoms with Crippen LogP contribution in [0.3, 0.4) is 0 Å². The van der Waals surface area contributed by atoms with Crippen molar-refractivity contribution in [1.29, 1.82) is 0 Å². The first kappa shape index (κ1) is 18.3. The number of aromatic nitrogens is 2. The van der Waals surface area contributed by atoms with Crippen molar-refractivity contribution in [3.05, 3.63) is 40.1 Å². The van der Waals surface area contributed by atoms with E-state index < -0.39 is 0 Å². The van der Waals surface area contributed by atoms with E-state index in [1.807, 2.05) is 41.1 Å². The number of fused-ring (bicyclic) bond motifs is 1. The van der Waals surface area contributed by atoms with E-state index in [-0.39, 0.29) is 12.5 Å². The molecule has 0 saturated heterocycles. The van der Waals surface area contributed by atoms with Crippen LogP contribution in [0.25, 0.3) is 11.0 Å². The average Bonchev–Trinajstić information content (AvgIpc) is 3.21. The highest BCUT2D eigenvalue weighted by molar-refractivity contribution is 7.10. The van der Waals surface area contributed by atoms with Crippen molar-refractivity contribution in [2.45, 2.75) is 33.2 Å². The molecule has 3 aromatic rings. The first-order valence-corrected chi connectivity index (χ1v) is 9.54. The van der Waals surface area contributed by atoms with Crippen LogP contribution in [0, 0.1) is 0 Å². The van der Waals surface area contributed by atoms with Crippen LogP contribution in [0.2, 0.25) is 0 Å². The van der Waals surface area contributed by atoms with Gasteiger partial charge in [0.25, 0.3) is 5.91 Å². The van der Waals surface area contributed by atoms with Gasteiger partial charge in [-0.2, -0.15) is 0 Å². The Morgan fingerprint density at radius 2 is 2.23 bits per heavy atom. The lowest BCUT2D eigenvalue weighted by Crippen LogP contribution is -2.16. The number of hydrogen-bond acceptors (Lipinski definition) is 5. The highest BCUT2D eigenvalue weighted by Crippen LogP contribution is 2.32. The molecule has 0 fully saturated rings. The molecule has 3 rings (SSSR count). The predicted molar refractivity (Wildman–Crippen MR) is 107 cm³/mol. The van der Waals surface area contributed by atoms with Crippen LogP contribution in [0.5, 0.6) is 0 Å². The summed E-state index contributed by atoms with van der Waals surface area (Å²) in [5, 5.41) is 13.9. The molecule has 136 valence electrons. The number of carbonyl (C=O) groups is 1. The number of aliphatic imine (C=N–C) groups is 1. The van der Waals surface area contributed by atoms with Crippen molar-refractivity contribution < 1.29 is 9.90 Å². The maximum absolute atomic E-state index is 12.9. The Morgan fingerprint density at radius 3 is 2.96 bits per heavy atom. The van der Waals surface area contributed by atoms with Gasteiger partial charge in [-0.05, 0) is 31.9 Å². The lowest BCUT2D eigenvalue weighted by atomic mass is 10.2. The summed E-state index contributed by atoms with van der Waals surface area (Å²) < 4.78 is 1.93. The summed E-state index contributed by atoms with van der Waals surface area (Å²) in [6.45, 7) is 4.56. The Labute approximate surface area is 156 Å². The third kappa shape index (κ3) is 3.54. The average molecular weight is 370 g/mol. The topological polar surface area (TPSA) is 79.5 Å². The summed E-state index contributed by atoms with van der Waals surface area (Å²) in [4.78, 5) is 22.9. The Morgan fingerprint density at radius 1 is 1.42 bits per heavy atom. The van der Waals surface area contributed by atoms with Crippen molar-refractivity contribution in [3.8, 4) is 0 Å². The van der Waals surface area contributed by atoms with Crippen molar-refractivity contribution in [3.63, 3.8) is 0 Å². The summed E-state index contributed by atoms with van der Waals surface area (Å²) in [5.74, 6) is 0.266. The van der Waals surface area contributed by atoms with Crippen LogP contribution >= 0.6 is 11.3 Å². The highest BCUT2D eigenvalue weighted by Gasteiger charge is 2.19. The van der Waals surface area contributed by atoms with Gasteiger partial charge < -0.3 is 9.67 Å². The minimum atomic E-state index is -0.220. The zero-order chi connectivity index (χ0) is 18.5. The molecule has 0 aliphatic heterocycles. The number of amides is 1. The number of aliphatic hydroxyl groups is 1. The molecule has 2 heterocycles. The first-order chi connectivity index (χ1) is 12.7. The van der Waals surface area contributed by atoms with Gasteiger partial charge in [0, 0.05) is 29.6 Å². The SMILES string of the molecule is CC=Nc1c(C(=O)Nc2nc3ccccc3n2CCCO)csc1CC. The van der Waals surface area contributed by atoms with Gasteiger partial charge in [-0.15, -0.1) is 11.3 Å². The number of aryl methyl sites for hydroxylation is 2. The number of hydrogen-bond donors (Lipinski definition) is 2. The fraction of sp³-hybridized carbons (Fsp3) is 0.316. The third-order valence-corrected chi connectivity index (χ3v) is 5.20. The molecule has 7 heteroatoms. The molecular weight excluding hydrogens is 348 g/mol. The fourth-order valence-corrected chi connectivity index (χ4v) is 3.79. The summed E-state index contributed by atoms with van der Waals surface area (Å²) in [6, 6.07) is 7.72. The van der Waals surface area contributed by atoms with Crippen molar-refractivity contribution in [1.82, 2.24) is 9.55 Å². The number of anilines is 1. The Hall–Kier alpha value is -2.51.